The van der Waals surface area contributed by atoms with Crippen molar-refractivity contribution in [2.24, 2.45) is 4.74 Å². The number of carbonyl (C=O) groups excluding carboxylic acids is 3. The van der Waals surface area contributed by atoms with E-state index < -0.39 is 32.4 Å². The normalized spacial score (nSPS) is 11.9. The van der Waals surface area contributed by atoms with Gasteiger partial charge in [-0.2, -0.15) is 0 Å². The molecule has 0 radical (unpaired) electrons. The van der Waals surface area contributed by atoms with Crippen LogP contribution in [0.4, 0.5) is 9.59 Å². The quantitative estimate of drug-likeness (QED) is 0.284. The van der Waals surface area contributed by atoms with Gasteiger partial charge >= 0.3 is 26.3 Å². The highest BCUT2D eigenvalue weighted by molar-refractivity contribution is 7.34. The first-order valence-corrected chi connectivity index (χ1v) is 13.4. The number of carbonyl (C=O) groups is 3. The van der Waals surface area contributed by atoms with Gasteiger partial charge in [-0.25, -0.2) is 14.4 Å². The third kappa shape index (κ3) is 9.65. The molecule has 0 bridgehead atoms. The molecule has 0 aliphatic rings. The summed E-state index contributed by atoms with van der Waals surface area (Å²) in [5.74, 6) is -0.134. The molecule has 0 saturated heterocycles. The van der Waals surface area contributed by atoms with E-state index in [1.807, 2.05) is 0 Å². The first-order chi connectivity index (χ1) is 18.8. The smallest absolute Gasteiger partial charge is 0.414 e. The average molecular weight is 579 g/mol. The van der Waals surface area contributed by atoms with E-state index in [0.717, 1.165) is 0 Å². The molecule has 0 fully saturated rings. The SMILES string of the molecule is Cc1ncc(COc2ccccc2O[P+]([O-])=N[C@@H](C)C(=O)OC(C)C)c(COC(=O)N(C)C)c1OC(=O)N(C)C. The van der Waals surface area contributed by atoms with E-state index in [9.17, 15) is 19.3 Å². The molecule has 40 heavy (non-hydrogen) atoms. The summed E-state index contributed by atoms with van der Waals surface area (Å²) in [6.45, 7) is 6.19. The molecule has 2 rings (SSSR count). The monoisotopic (exact) mass is 578 g/mol. The minimum atomic E-state index is -2.63. The molecule has 1 aromatic heterocycles. The first-order valence-electron chi connectivity index (χ1n) is 12.3. The molecule has 13 nitrogen and oxygen atoms in total. The van der Waals surface area contributed by atoms with Crippen LogP contribution in [-0.2, 0) is 27.5 Å². The lowest BCUT2D eigenvalue weighted by Crippen LogP contribution is -2.27. The van der Waals surface area contributed by atoms with Gasteiger partial charge in [0, 0.05) is 45.5 Å². The largest absolute Gasteiger partial charge is 0.575 e. The molecular weight excluding hydrogens is 543 g/mol. The van der Waals surface area contributed by atoms with Crippen LogP contribution in [0.15, 0.2) is 35.2 Å². The lowest BCUT2D eigenvalue weighted by molar-refractivity contribution is -0.170. The standard InChI is InChI=1S/C26H35N4O9P/c1-16(2)37-24(31)18(4)28-40(34)39-22-12-10-9-11-21(22)35-14-19-13-27-17(3)23(38-26(33)30(7)8)20(19)15-36-25(32)29(5)6/h9-13,16,18H,14-15H2,1-8H3/t18-/m0/s1. The molecule has 2 amide bonds. The van der Waals surface area contributed by atoms with Gasteiger partial charge in [0.15, 0.2) is 17.5 Å². The minimum absolute atomic E-state index is 0.0972. The van der Waals surface area contributed by atoms with Crippen molar-refractivity contribution < 1.29 is 42.7 Å². The second-order valence-corrected chi connectivity index (χ2v) is 10.1. The molecule has 2 aromatic rings. The number of amides is 2. The maximum atomic E-state index is 12.5. The highest BCUT2D eigenvalue weighted by Crippen LogP contribution is 2.35. The lowest BCUT2D eigenvalue weighted by Gasteiger charge is -2.19. The van der Waals surface area contributed by atoms with Crippen molar-refractivity contribution in [3.05, 3.63) is 47.3 Å². The summed E-state index contributed by atoms with van der Waals surface area (Å²) in [7, 11) is 3.52. The van der Waals surface area contributed by atoms with Crippen molar-refractivity contribution in [2.75, 3.05) is 28.2 Å². The summed E-state index contributed by atoms with van der Waals surface area (Å²) in [5, 5.41) is 0. The Morgan fingerprint density at radius 1 is 1.00 bits per heavy atom. The Morgan fingerprint density at radius 2 is 1.62 bits per heavy atom. The number of aromatic nitrogens is 1. The molecule has 0 aliphatic heterocycles. The number of hydrogen-bond acceptors (Lipinski definition) is 11. The zero-order valence-corrected chi connectivity index (χ0v) is 24.8. The number of pyridine rings is 1. The molecule has 1 unspecified atom stereocenters. The van der Waals surface area contributed by atoms with Crippen molar-refractivity contribution in [1.29, 1.82) is 0 Å². The number of nitrogens with zero attached hydrogens (tertiary/aromatic N) is 4. The van der Waals surface area contributed by atoms with Gasteiger partial charge in [0.05, 0.1) is 11.8 Å². The summed E-state index contributed by atoms with van der Waals surface area (Å²) in [5.41, 5.74) is 1.25. The van der Waals surface area contributed by atoms with Crippen molar-refractivity contribution >= 4 is 26.3 Å². The van der Waals surface area contributed by atoms with Gasteiger partial charge in [0.25, 0.3) is 0 Å². The summed E-state index contributed by atoms with van der Waals surface area (Å²) in [6.07, 6.45) is -0.0508. The van der Waals surface area contributed by atoms with Crippen LogP contribution >= 0.6 is 8.17 Å². The highest BCUT2D eigenvalue weighted by atomic mass is 31.1. The highest BCUT2D eigenvalue weighted by Gasteiger charge is 2.23. The second-order valence-electron chi connectivity index (χ2n) is 9.23. The Bertz CT molecular complexity index is 1230. The van der Waals surface area contributed by atoms with Gasteiger partial charge in [-0.05, 0) is 39.8 Å². The van der Waals surface area contributed by atoms with E-state index in [-0.39, 0.29) is 36.6 Å². The van der Waals surface area contributed by atoms with E-state index in [1.54, 1.807) is 53.1 Å². The Hall–Kier alpha value is -3.96. The fourth-order valence-electron chi connectivity index (χ4n) is 2.96. The zero-order chi connectivity index (χ0) is 30.0. The predicted molar refractivity (Wildman–Crippen MR) is 144 cm³/mol. The molecule has 14 heteroatoms. The first kappa shape index (κ1) is 32.3. The predicted octanol–water partition coefficient (Wildman–Crippen LogP) is 3.80. The third-order valence-corrected chi connectivity index (χ3v) is 5.92. The van der Waals surface area contributed by atoms with Crippen LogP contribution in [0.2, 0.25) is 0 Å². The van der Waals surface area contributed by atoms with Gasteiger partial charge < -0.3 is 33.6 Å². The Balaban J connectivity index is 2.31. The number of benzene rings is 1. The van der Waals surface area contributed by atoms with Gasteiger partial charge in [0.1, 0.15) is 13.2 Å². The zero-order valence-electron chi connectivity index (χ0n) is 23.9. The van der Waals surface area contributed by atoms with Gasteiger partial charge in [-0.1, -0.05) is 16.9 Å². The topological polar surface area (TPSA) is 152 Å². The average Bonchev–Trinajstić information content (AvgIpc) is 2.88. The summed E-state index contributed by atoms with van der Waals surface area (Å²) < 4.78 is 31.2. The molecule has 218 valence electrons. The lowest BCUT2D eigenvalue weighted by atomic mass is 10.1. The summed E-state index contributed by atoms with van der Waals surface area (Å²) in [6, 6.07) is 5.47. The van der Waals surface area contributed by atoms with Crippen LogP contribution < -0.4 is 18.9 Å². The molecule has 1 aromatic carbocycles. The summed E-state index contributed by atoms with van der Waals surface area (Å²) >= 11 is 0. The summed E-state index contributed by atoms with van der Waals surface area (Å²) in [4.78, 5) is 55.8. The Labute approximate surface area is 234 Å². The van der Waals surface area contributed by atoms with E-state index >= 15 is 0 Å². The van der Waals surface area contributed by atoms with Crippen LogP contribution in [0.25, 0.3) is 0 Å². The van der Waals surface area contributed by atoms with Crippen molar-refractivity contribution in [3.63, 3.8) is 0 Å². The maximum absolute atomic E-state index is 12.5. The second kappa shape index (κ2) is 15.0. The Kier molecular flexibility index (Phi) is 12.1. The third-order valence-electron chi connectivity index (χ3n) is 5.03. The molecular formula is C26H35N4O9P. The number of hydrogen-bond donors (Lipinski definition) is 0. The minimum Gasteiger partial charge on any atom is -0.575 e. The number of rotatable bonds is 11. The fourth-order valence-corrected chi connectivity index (χ4v) is 3.71. The number of aryl methyl sites for hydroxylation is 1. The van der Waals surface area contributed by atoms with Crippen molar-refractivity contribution in [3.8, 4) is 17.2 Å². The Morgan fingerprint density at radius 3 is 2.23 bits per heavy atom. The van der Waals surface area contributed by atoms with Crippen LogP contribution in [0.1, 0.15) is 37.6 Å². The molecule has 0 aliphatic carbocycles. The fraction of sp³-hybridized carbons (Fsp3) is 0.462. The van der Waals surface area contributed by atoms with Crippen molar-refractivity contribution in [2.45, 2.75) is 53.1 Å². The van der Waals surface area contributed by atoms with Gasteiger partial charge in [-0.15, -0.1) is 0 Å². The van der Waals surface area contributed by atoms with Crippen LogP contribution in [0.3, 0.4) is 0 Å². The number of esters is 1. The van der Waals surface area contributed by atoms with Gasteiger partial charge in [0.2, 0.25) is 5.75 Å². The number of ether oxygens (including phenoxy) is 4. The van der Waals surface area contributed by atoms with E-state index in [4.69, 9.17) is 23.5 Å². The molecule has 0 N–H and O–H groups in total. The van der Waals surface area contributed by atoms with E-state index in [1.165, 1.54) is 43.1 Å². The molecule has 0 spiro atoms. The number of para-hydroxylation sites is 2. The van der Waals surface area contributed by atoms with Gasteiger partial charge in [-0.3, -0.25) is 9.51 Å². The van der Waals surface area contributed by atoms with Crippen LogP contribution in [0, 0.1) is 6.92 Å². The van der Waals surface area contributed by atoms with E-state index in [2.05, 4.69) is 9.73 Å². The maximum Gasteiger partial charge on any atom is 0.414 e. The van der Waals surface area contributed by atoms with E-state index in [0.29, 0.717) is 16.8 Å². The molecule has 0 saturated carbocycles. The van der Waals surface area contributed by atoms with Crippen LogP contribution in [0.5, 0.6) is 17.2 Å². The molecule has 2 atom stereocenters. The molecule has 1 heterocycles. The van der Waals surface area contributed by atoms with Crippen LogP contribution in [-0.4, -0.2) is 73.3 Å². The van der Waals surface area contributed by atoms with Crippen molar-refractivity contribution in [1.82, 2.24) is 14.8 Å².